The zero-order chi connectivity index (χ0) is 28.5. The van der Waals surface area contributed by atoms with Gasteiger partial charge in [0, 0.05) is 12.8 Å². The minimum absolute atomic E-state index is 0.132. The van der Waals surface area contributed by atoms with Gasteiger partial charge in [-0.3, -0.25) is 9.59 Å². The summed E-state index contributed by atoms with van der Waals surface area (Å²) in [6.07, 6.45) is 27.7. The Labute approximate surface area is 241 Å². The lowest BCUT2D eigenvalue weighted by Gasteiger charge is -2.08. The number of hydrogen-bond acceptors (Lipinski definition) is 6. The number of rotatable bonds is 32. The van der Waals surface area contributed by atoms with E-state index in [1.54, 1.807) is 0 Å². The average Bonchev–Trinajstić information content (AvgIpc) is 2.93. The Morgan fingerprint density at radius 1 is 0.359 bits per heavy atom. The van der Waals surface area contributed by atoms with E-state index in [2.05, 4.69) is 13.8 Å². The molecule has 0 atom stereocenters. The van der Waals surface area contributed by atoms with E-state index in [0.717, 1.165) is 25.7 Å². The van der Waals surface area contributed by atoms with Crippen LogP contribution in [0.3, 0.4) is 0 Å². The molecule has 0 unspecified atom stereocenters. The van der Waals surface area contributed by atoms with Crippen molar-refractivity contribution in [3.05, 3.63) is 0 Å². The first-order chi connectivity index (χ1) is 19.2. The lowest BCUT2D eigenvalue weighted by Crippen LogP contribution is -2.15. The highest BCUT2D eigenvalue weighted by molar-refractivity contribution is 5.69. The lowest BCUT2D eigenvalue weighted by atomic mass is 10.0. The van der Waals surface area contributed by atoms with Gasteiger partial charge < -0.3 is 18.9 Å². The molecule has 0 amide bonds. The summed E-state index contributed by atoms with van der Waals surface area (Å²) in [6.45, 7) is 6.66. The highest BCUT2D eigenvalue weighted by Crippen LogP contribution is 2.14. The summed E-state index contributed by atoms with van der Waals surface area (Å²) in [5.41, 5.74) is 0. The second-order valence-corrected chi connectivity index (χ2v) is 10.9. The van der Waals surface area contributed by atoms with Gasteiger partial charge >= 0.3 is 11.9 Å². The molecule has 6 nitrogen and oxygen atoms in total. The van der Waals surface area contributed by atoms with E-state index in [1.165, 1.54) is 109 Å². The van der Waals surface area contributed by atoms with Crippen LogP contribution < -0.4 is 0 Å². The number of unbranched alkanes of at least 4 members (excludes halogenated alkanes) is 19. The maximum absolute atomic E-state index is 11.8. The smallest absolute Gasteiger partial charge is 0.305 e. The van der Waals surface area contributed by atoms with Crippen LogP contribution >= 0.6 is 0 Å². The molecule has 0 aliphatic rings. The normalized spacial score (nSPS) is 11.1. The summed E-state index contributed by atoms with van der Waals surface area (Å²) >= 11 is 0. The highest BCUT2D eigenvalue weighted by Gasteiger charge is 2.04. The SMILES string of the molecule is CCCCCCCCCCCCCCCCCC(=O)OCCOCCOCCOC(=O)CCCCCCCC. The Morgan fingerprint density at radius 3 is 0.923 bits per heavy atom. The average molecular weight is 557 g/mol. The van der Waals surface area contributed by atoms with Crippen molar-refractivity contribution in [3.8, 4) is 0 Å². The van der Waals surface area contributed by atoms with Gasteiger partial charge in [0.15, 0.2) is 0 Å². The topological polar surface area (TPSA) is 71.1 Å². The quantitative estimate of drug-likeness (QED) is 0.0608. The minimum atomic E-state index is -0.142. The van der Waals surface area contributed by atoms with Gasteiger partial charge in [-0.05, 0) is 12.8 Å². The monoisotopic (exact) mass is 556 g/mol. The van der Waals surface area contributed by atoms with Gasteiger partial charge in [-0.1, -0.05) is 136 Å². The first-order valence-corrected chi connectivity index (χ1v) is 16.7. The number of carbonyl (C=O) groups excluding carboxylic acids is 2. The summed E-state index contributed by atoms with van der Waals surface area (Å²) in [6, 6.07) is 0. The van der Waals surface area contributed by atoms with E-state index >= 15 is 0 Å². The van der Waals surface area contributed by atoms with E-state index in [1.807, 2.05) is 0 Å². The van der Waals surface area contributed by atoms with Crippen LogP contribution in [-0.2, 0) is 28.5 Å². The second-order valence-electron chi connectivity index (χ2n) is 10.9. The van der Waals surface area contributed by atoms with Crippen molar-refractivity contribution in [2.24, 2.45) is 0 Å². The van der Waals surface area contributed by atoms with Gasteiger partial charge in [0.2, 0.25) is 0 Å². The first-order valence-electron chi connectivity index (χ1n) is 16.7. The number of hydrogen-bond donors (Lipinski definition) is 0. The number of ether oxygens (including phenoxy) is 4. The summed E-state index contributed by atoms with van der Waals surface area (Å²) in [4.78, 5) is 23.5. The molecule has 39 heavy (non-hydrogen) atoms. The Hall–Kier alpha value is -1.14. The molecule has 0 aromatic heterocycles. The van der Waals surface area contributed by atoms with Crippen molar-refractivity contribution in [2.45, 2.75) is 162 Å². The number of esters is 2. The Bertz CT molecular complexity index is 510. The van der Waals surface area contributed by atoms with Crippen molar-refractivity contribution >= 4 is 11.9 Å². The molecule has 0 saturated carbocycles. The maximum Gasteiger partial charge on any atom is 0.305 e. The first kappa shape index (κ1) is 37.9. The van der Waals surface area contributed by atoms with Crippen molar-refractivity contribution in [2.75, 3.05) is 39.6 Å². The van der Waals surface area contributed by atoms with Crippen molar-refractivity contribution in [1.82, 2.24) is 0 Å². The van der Waals surface area contributed by atoms with E-state index in [0.29, 0.717) is 39.3 Å². The Kier molecular flexibility index (Phi) is 32.1. The summed E-state index contributed by atoms with van der Waals surface area (Å²) in [5.74, 6) is -0.274. The Morgan fingerprint density at radius 2 is 0.615 bits per heavy atom. The van der Waals surface area contributed by atoms with Crippen molar-refractivity contribution in [3.63, 3.8) is 0 Å². The fourth-order valence-electron chi connectivity index (χ4n) is 4.59. The molecule has 0 fully saturated rings. The maximum atomic E-state index is 11.8. The van der Waals surface area contributed by atoms with Crippen LogP contribution in [0.1, 0.15) is 162 Å². The van der Waals surface area contributed by atoms with Crippen LogP contribution in [0, 0.1) is 0 Å². The van der Waals surface area contributed by atoms with Crippen molar-refractivity contribution in [1.29, 1.82) is 0 Å². The molecule has 0 heterocycles. The minimum Gasteiger partial charge on any atom is -0.463 e. The molecule has 0 bridgehead atoms. The lowest BCUT2D eigenvalue weighted by molar-refractivity contribution is -0.147. The summed E-state index contributed by atoms with van der Waals surface area (Å²) in [7, 11) is 0. The van der Waals surface area contributed by atoms with Crippen molar-refractivity contribution < 1.29 is 28.5 Å². The van der Waals surface area contributed by atoms with Gasteiger partial charge in [-0.15, -0.1) is 0 Å². The number of carbonyl (C=O) groups is 2. The molecule has 0 aromatic carbocycles. The molecule has 0 radical (unpaired) electrons. The predicted octanol–water partition coefficient (Wildman–Crippen LogP) is 9.12. The highest BCUT2D eigenvalue weighted by atomic mass is 16.6. The summed E-state index contributed by atoms with van der Waals surface area (Å²) in [5, 5.41) is 0. The van der Waals surface area contributed by atoms with Crippen LogP contribution in [0.15, 0.2) is 0 Å². The second kappa shape index (κ2) is 33.1. The molecule has 0 N–H and O–H groups in total. The largest absolute Gasteiger partial charge is 0.463 e. The molecule has 0 aliphatic heterocycles. The van der Waals surface area contributed by atoms with E-state index in [4.69, 9.17) is 18.9 Å². The van der Waals surface area contributed by atoms with Gasteiger partial charge in [-0.2, -0.15) is 0 Å². The zero-order valence-corrected chi connectivity index (χ0v) is 26.0. The molecular weight excluding hydrogens is 492 g/mol. The van der Waals surface area contributed by atoms with Crippen LogP contribution in [0.5, 0.6) is 0 Å². The molecule has 0 aromatic rings. The van der Waals surface area contributed by atoms with E-state index in [-0.39, 0.29) is 25.2 Å². The van der Waals surface area contributed by atoms with Gasteiger partial charge in [-0.25, -0.2) is 0 Å². The van der Waals surface area contributed by atoms with E-state index in [9.17, 15) is 9.59 Å². The third kappa shape index (κ3) is 33.0. The molecule has 0 saturated heterocycles. The fraction of sp³-hybridized carbons (Fsp3) is 0.939. The molecule has 0 aliphatic carbocycles. The van der Waals surface area contributed by atoms with Crippen LogP contribution in [0.2, 0.25) is 0 Å². The van der Waals surface area contributed by atoms with Crippen LogP contribution in [0.25, 0.3) is 0 Å². The van der Waals surface area contributed by atoms with Crippen LogP contribution in [-0.4, -0.2) is 51.6 Å². The fourth-order valence-corrected chi connectivity index (χ4v) is 4.59. The van der Waals surface area contributed by atoms with E-state index < -0.39 is 0 Å². The third-order valence-corrected chi connectivity index (χ3v) is 7.07. The van der Waals surface area contributed by atoms with Gasteiger partial charge in [0.25, 0.3) is 0 Å². The molecule has 232 valence electrons. The third-order valence-electron chi connectivity index (χ3n) is 7.07. The van der Waals surface area contributed by atoms with Gasteiger partial charge in [0.05, 0.1) is 26.4 Å². The predicted molar refractivity (Wildman–Crippen MR) is 161 cm³/mol. The molecule has 0 rings (SSSR count). The standard InChI is InChI=1S/C33H64O6/c1-3-5-7-9-11-12-13-14-15-16-17-18-19-21-23-25-33(35)39-31-29-37-27-26-36-28-30-38-32(34)24-22-20-10-8-6-4-2/h3-31H2,1-2H3. The van der Waals surface area contributed by atoms with Gasteiger partial charge in [0.1, 0.15) is 13.2 Å². The molecule has 0 spiro atoms. The summed E-state index contributed by atoms with van der Waals surface area (Å²) < 4.78 is 21.2. The molecule has 6 heteroatoms. The Balaban J connectivity index is 3.22. The van der Waals surface area contributed by atoms with Crippen LogP contribution in [0.4, 0.5) is 0 Å². The zero-order valence-electron chi connectivity index (χ0n) is 26.0. The molecular formula is C33H64O6.